The van der Waals surface area contributed by atoms with Gasteiger partial charge in [-0.15, -0.1) is 0 Å². The molecule has 0 bridgehead atoms. The smallest absolute Gasteiger partial charge is 0.261 e. The Kier molecular flexibility index (Phi) is 4.80. The Balaban J connectivity index is 1.75. The van der Waals surface area contributed by atoms with Gasteiger partial charge in [0.15, 0.2) is 5.13 Å². The second-order valence-electron chi connectivity index (χ2n) is 6.03. The predicted molar refractivity (Wildman–Crippen MR) is 116 cm³/mol. The number of carbonyl (C=O) groups is 1. The number of fused-ring (bicyclic) bond motifs is 2. The molecule has 0 saturated carbocycles. The summed E-state index contributed by atoms with van der Waals surface area (Å²) in [4.78, 5) is 17.4. The number of aromatic nitrogens is 1. The summed E-state index contributed by atoms with van der Waals surface area (Å²) < 4.78 is 7.21. The molecule has 0 unspecified atom stereocenters. The number of nitrogens with one attached hydrogen (secondary N) is 1. The summed E-state index contributed by atoms with van der Waals surface area (Å²) in [5.41, 5.74) is 2.18. The fraction of sp³-hybridized carbons (Fsp3) is 0.100. The number of ether oxygens (including phenoxy) is 1. The molecule has 0 aliphatic rings. The van der Waals surface area contributed by atoms with E-state index in [2.05, 4.69) is 26.2 Å². The Bertz CT molecular complexity index is 1170. The van der Waals surface area contributed by atoms with Crippen molar-refractivity contribution in [2.75, 3.05) is 12.4 Å². The van der Waals surface area contributed by atoms with Gasteiger partial charge < -0.3 is 4.74 Å². The largest absolute Gasteiger partial charge is 0.495 e. The first-order valence-electron chi connectivity index (χ1n) is 8.11. The summed E-state index contributed by atoms with van der Waals surface area (Å²) in [7, 11) is 1.55. The normalized spacial score (nSPS) is 11.1. The van der Waals surface area contributed by atoms with Gasteiger partial charge in [0.2, 0.25) is 0 Å². The molecule has 0 radical (unpaired) electrons. The molecule has 4 nitrogen and oxygen atoms in total. The van der Waals surface area contributed by atoms with Gasteiger partial charge in [0, 0.05) is 5.02 Å². The van der Waals surface area contributed by atoms with E-state index in [1.54, 1.807) is 7.11 Å². The maximum Gasteiger partial charge on any atom is 0.261 e. The van der Waals surface area contributed by atoms with Crippen LogP contribution in [0.15, 0.2) is 46.9 Å². The van der Waals surface area contributed by atoms with Crippen molar-refractivity contribution >= 4 is 70.9 Å². The number of hydrogen-bond acceptors (Lipinski definition) is 4. The lowest BCUT2D eigenvalue weighted by molar-refractivity contribution is 0.102. The third-order valence-electron chi connectivity index (χ3n) is 4.28. The maximum absolute atomic E-state index is 12.9. The quantitative estimate of drug-likeness (QED) is 0.382. The van der Waals surface area contributed by atoms with E-state index in [0.29, 0.717) is 21.5 Å². The molecule has 1 aromatic heterocycles. The topological polar surface area (TPSA) is 51.2 Å². The molecule has 3 aromatic carbocycles. The molecule has 0 aliphatic heterocycles. The van der Waals surface area contributed by atoms with Gasteiger partial charge in [-0.1, -0.05) is 47.2 Å². The molecule has 1 heterocycles. The summed E-state index contributed by atoms with van der Waals surface area (Å²) in [5, 5.41) is 5.98. The van der Waals surface area contributed by atoms with Crippen molar-refractivity contribution in [1.82, 2.24) is 4.98 Å². The third-order valence-corrected chi connectivity index (χ3v) is 6.41. The van der Waals surface area contributed by atoms with Gasteiger partial charge in [0.25, 0.3) is 5.91 Å². The number of thiazole rings is 1. The average molecular weight is 462 g/mol. The maximum atomic E-state index is 12.9. The minimum absolute atomic E-state index is 0.278. The number of hydrogen-bond donors (Lipinski definition) is 1. The van der Waals surface area contributed by atoms with Crippen LogP contribution in [0, 0.1) is 6.92 Å². The van der Waals surface area contributed by atoms with Crippen molar-refractivity contribution in [2.24, 2.45) is 0 Å². The van der Waals surface area contributed by atoms with E-state index in [4.69, 9.17) is 16.3 Å². The van der Waals surface area contributed by atoms with Gasteiger partial charge in [-0.05, 0) is 57.4 Å². The molecule has 0 atom stereocenters. The number of methoxy groups -OCH3 is 1. The van der Waals surface area contributed by atoms with Crippen molar-refractivity contribution in [1.29, 1.82) is 0 Å². The molecular weight excluding hydrogens is 448 g/mol. The molecule has 0 saturated heterocycles. The highest BCUT2D eigenvalue weighted by atomic mass is 79.9. The Morgan fingerprint density at radius 2 is 2.04 bits per heavy atom. The molecule has 0 fully saturated rings. The SMILES string of the molecule is COc1c(C(=O)Nc2nc3cc(Cl)c(C)cc3s2)cc2ccccc2c1Br. The van der Waals surface area contributed by atoms with E-state index in [1.807, 2.05) is 49.4 Å². The molecule has 0 aliphatic carbocycles. The number of anilines is 1. The molecule has 4 aromatic rings. The number of halogens is 2. The number of rotatable bonds is 3. The first-order valence-corrected chi connectivity index (χ1v) is 10.1. The number of nitrogens with zero attached hydrogens (tertiary/aromatic N) is 1. The second kappa shape index (κ2) is 7.11. The lowest BCUT2D eigenvalue weighted by Crippen LogP contribution is -2.13. The Labute approximate surface area is 173 Å². The van der Waals surface area contributed by atoms with Gasteiger partial charge in [-0.25, -0.2) is 4.98 Å². The van der Waals surface area contributed by atoms with Crippen LogP contribution in [0.2, 0.25) is 5.02 Å². The zero-order valence-corrected chi connectivity index (χ0v) is 17.6. The van der Waals surface area contributed by atoms with Crippen molar-refractivity contribution in [3.8, 4) is 5.75 Å². The molecule has 27 heavy (non-hydrogen) atoms. The fourth-order valence-electron chi connectivity index (χ4n) is 2.92. The van der Waals surface area contributed by atoms with E-state index >= 15 is 0 Å². The van der Waals surface area contributed by atoms with E-state index in [1.165, 1.54) is 11.3 Å². The van der Waals surface area contributed by atoms with Crippen LogP contribution in [0.25, 0.3) is 21.0 Å². The average Bonchev–Trinajstić information content (AvgIpc) is 3.02. The number of aryl methyl sites for hydroxylation is 1. The lowest BCUT2D eigenvalue weighted by Gasteiger charge is -2.12. The van der Waals surface area contributed by atoms with Gasteiger partial charge in [0.05, 0.1) is 27.4 Å². The monoisotopic (exact) mass is 460 g/mol. The minimum Gasteiger partial charge on any atom is -0.495 e. The number of carbonyl (C=O) groups excluding carboxylic acids is 1. The van der Waals surface area contributed by atoms with Gasteiger partial charge in [0.1, 0.15) is 5.75 Å². The summed E-state index contributed by atoms with van der Waals surface area (Å²) in [6.45, 7) is 1.94. The van der Waals surface area contributed by atoms with Crippen LogP contribution in [0.5, 0.6) is 5.75 Å². The van der Waals surface area contributed by atoms with Crippen LogP contribution in [0.3, 0.4) is 0 Å². The van der Waals surface area contributed by atoms with E-state index < -0.39 is 0 Å². The summed E-state index contributed by atoms with van der Waals surface area (Å²) in [6, 6.07) is 13.4. The first-order chi connectivity index (χ1) is 13.0. The zero-order valence-electron chi connectivity index (χ0n) is 14.5. The highest BCUT2D eigenvalue weighted by molar-refractivity contribution is 9.10. The third kappa shape index (κ3) is 3.29. The number of benzene rings is 3. The summed E-state index contributed by atoms with van der Waals surface area (Å²) in [5.74, 6) is 0.214. The second-order valence-corrected chi connectivity index (χ2v) is 8.27. The molecule has 7 heteroatoms. The highest BCUT2D eigenvalue weighted by Gasteiger charge is 2.19. The predicted octanol–water partition coefficient (Wildman–Crippen LogP) is 6.43. The summed E-state index contributed by atoms with van der Waals surface area (Å²) in [6.07, 6.45) is 0. The minimum atomic E-state index is -0.278. The number of amides is 1. The van der Waals surface area contributed by atoms with Crippen LogP contribution in [0.1, 0.15) is 15.9 Å². The van der Waals surface area contributed by atoms with Crippen LogP contribution in [-0.4, -0.2) is 18.0 Å². The van der Waals surface area contributed by atoms with Gasteiger partial charge >= 0.3 is 0 Å². The van der Waals surface area contributed by atoms with Crippen LogP contribution >= 0.6 is 38.9 Å². The molecule has 0 spiro atoms. The van der Waals surface area contributed by atoms with Crippen LogP contribution in [-0.2, 0) is 0 Å². The van der Waals surface area contributed by atoms with E-state index in [0.717, 1.165) is 31.0 Å². The molecule has 1 N–H and O–H groups in total. The first kappa shape index (κ1) is 18.2. The zero-order chi connectivity index (χ0) is 19.1. The van der Waals surface area contributed by atoms with E-state index in [-0.39, 0.29) is 5.91 Å². The molecule has 4 rings (SSSR count). The van der Waals surface area contributed by atoms with Crippen molar-refractivity contribution in [2.45, 2.75) is 6.92 Å². The molecule has 136 valence electrons. The standard InChI is InChI=1S/C20H14BrClN2O2S/c1-10-7-16-15(9-14(10)22)23-20(27-16)24-19(25)13-8-11-5-3-4-6-12(11)17(21)18(13)26-2/h3-9H,1-2H3,(H,23,24,25). The highest BCUT2D eigenvalue weighted by Crippen LogP contribution is 2.37. The van der Waals surface area contributed by atoms with Crippen LogP contribution in [0.4, 0.5) is 5.13 Å². The lowest BCUT2D eigenvalue weighted by atomic mass is 10.1. The van der Waals surface area contributed by atoms with E-state index in [9.17, 15) is 4.79 Å². The Hall–Kier alpha value is -2.15. The molecule has 1 amide bonds. The summed E-state index contributed by atoms with van der Waals surface area (Å²) >= 11 is 11.1. The Morgan fingerprint density at radius 3 is 2.81 bits per heavy atom. The van der Waals surface area contributed by atoms with Gasteiger partial charge in [-0.2, -0.15) is 0 Å². The Morgan fingerprint density at radius 1 is 1.26 bits per heavy atom. The fourth-order valence-corrected chi connectivity index (χ4v) is 4.76. The van der Waals surface area contributed by atoms with Crippen molar-refractivity contribution in [3.05, 3.63) is 63.1 Å². The van der Waals surface area contributed by atoms with Gasteiger partial charge in [-0.3, -0.25) is 10.1 Å². The van der Waals surface area contributed by atoms with Crippen molar-refractivity contribution in [3.63, 3.8) is 0 Å². The molecular formula is C20H14BrClN2O2S. The van der Waals surface area contributed by atoms with Crippen LogP contribution < -0.4 is 10.1 Å². The van der Waals surface area contributed by atoms with Crippen molar-refractivity contribution < 1.29 is 9.53 Å².